The van der Waals surface area contributed by atoms with Crippen LogP contribution in [0.2, 0.25) is 0 Å². The highest BCUT2D eigenvalue weighted by atomic mass is 127. The normalized spacial score (nSPS) is 10.8. The van der Waals surface area contributed by atoms with Gasteiger partial charge in [0.15, 0.2) is 0 Å². The molecule has 2 aromatic rings. The molecule has 2 rings (SSSR count). The van der Waals surface area contributed by atoms with Crippen LogP contribution >= 0.6 is 22.6 Å². The van der Waals surface area contributed by atoms with Crippen molar-refractivity contribution >= 4 is 38.3 Å². The molecule has 102 valence electrons. The minimum absolute atomic E-state index is 0.180. The van der Waals surface area contributed by atoms with Gasteiger partial charge in [0.05, 0.1) is 10.6 Å². The molecule has 0 aromatic heterocycles. The molecule has 0 N–H and O–H groups in total. The Morgan fingerprint density at radius 3 is 2.10 bits per heavy atom. The summed E-state index contributed by atoms with van der Waals surface area (Å²) in [6.07, 6.45) is 5.39. The largest absolute Gasteiger partial charge is 0.275 e. The molecule has 0 amide bonds. The maximum absolute atomic E-state index is 12.5. The summed E-state index contributed by atoms with van der Waals surface area (Å²) in [7, 11) is -3.74. The van der Waals surface area contributed by atoms with Gasteiger partial charge in [0, 0.05) is 9.61 Å². The first-order chi connectivity index (χ1) is 9.45. The number of sulfonamides is 1. The molecule has 0 bridgehead atoms. The molecule has 3 nitrogen and oxygen atoms in total. The molecule has 0 saturated heterocycles. The van der Waals surface area contributed by atoms with Crippen LogP contribution in [-0.4, -0.2) is 8.42 Å². The minimum atomic E-state index is -3.74. The Morgan fingerprint density at radius 1 is 1.05 bits per heavy atom. The average molecular weight is 397 g/mol. The van der Waals surface area contributed by atoms with Crippen LogP contribution in [0.3, 0.4) is 0 Å². The van der Waals surface area contributed by atoms with E-state index < -0.39 is 10.0 Å². The second-order valence-corrected chi connectivity index (χ2v) is 7.22. The third-order valence-electron chi connectivity index (χ3n) is 2.74. The van der Waals surface area contributed by atoms with Crippen LogP contribution in [0.1, 0.15) is 5.56 Å². The summed E-state index contributed by atoms with van der Waals surface area (Å²) in [4.78, 5) is 0.180. The quantitative estimate of drug-likeness (QED) is 0.453. The van der Waals surface area contributed by atoms with Gasteiger partial charge in [-0.25, -0.2) is 8.42 Å². The van der Waals surface area contributed by atoms with E-state index in [1.165, 1.54) is 0 Å². The Hall–Kier alpha value is -1.52. The number of halogens is 1. The van der Waals surface area contributed by atoms with Crippen LogP contribution in [0.4, 0.5) is 5.69 Å². The van der Waals surface area contributed by atoms with E-state index >= 15 is 0 Å². The summed E-state index contributed by atoms with van der Waals surface area (Å²) in [5.74, 6) is 0. The molecule has 0 fully saturated rings. The molecule has 0 aliphatic heterocycles. The summed E-state index contributed by atoms with van der Waals surface area (Å²) in [6, 6.07) is 15.8. The number of benzene rings is 2. The van der Waals surface area contributed by atoms with Crippen molar-refractivity contribution in [2.75, 3.05) is 4.31 Å². The fraction of sp³-hybridized carbons (Fsp3) is 0.0667. The Labute approximate surface area is 132 Å². The number of terminal acetylenes is 1. The van der Waals surface area contributed by atoms with Gasteiger partial charge in [-0.15, -0.1) is 0 Å². The molecule has 0 spiro atoms. The summed E-state index contributed by atoms with van der Waals surface area (Å²) in [5.41, 5.74) is 1.44. The van der Waals surface area contributed by atoms with Crippen LogP contribution < -0.4 is 4.31 Å². The maximum atomic E-state index is 12.5. The Balaban J connectivity index is 2.48. The highest BCUT2D eigenvalue weighted by Crippen LogP contribution is 2.23. The van der Waals surface area contributed by atoms with E-state index in [4.69, 9.17) is 6.42 Å². The summed E-state index contributed by atoms with van der Waals surface area (Å²) in [5, 5.41) is 0. The van der Waals surface area contributed by atoms with Crippen molar-refractivity contribution in [3.63, 3.8) is 0 Å². The zero-order chi connectivity index (χ0) is 14.8. The summed E-state index contributed by atoms with van der Waals surface area (Å²) >= 11 is 2.15. The SMILES string of the molecule is C#CN(c1ccc(I)cc1)S(=O)(=O)c1ccc(C)cc1. The maximum Gasteiger partial charge on any atom is 0.275 e. The molecule has 5 heteroatoms. The first kappa shape index (κ1) is 14.9. The molecule has 0 unspecified atom stereocenters. The number of hydrogen-bond donors (Lipinski definition) is 0. The van der Waals surface area contributed by atoms with Crippen molar-refractivity contribution in [3.05, 3.63) is 57.7 Å². The van der Waals surface area contributed by atoms with Crippen molar-refractivity contribution in [2.45, 2.75) is 11.8 Å². The zero-order valence-electron chi connectivity index (χ0n) is 10.7. The number of aryl methyl sites for hydroxylation is 1. The van der Waals surface area contributed by atoms with Gasteiger partial charge in [-0.2, -0.15) is 4.31 Å². The van der Waals surface area contributed by atoms with Crippen LogP contribution in [0.15, 0.2) is 53.4 Å². The van der Waals surface area contributed by atoms with E-state index in [2.05, 4.69) is 28.6 Å². The number of rotatable bonds is 3. The van der Waals surface area contributed by atoms with Gasteiger partial charge in [0.1, 0.15) is 0 Å². The van der Waals surface area contributed by atoms with Gasteiger partial charge in [0.2, 0.25) is 0 Å². The average Bonchev–Trinajstić information content (AvgIpc) is 2.42. The Kier molecular flexibility index (Phi) is 4.35. The van der Waals surface area contributed by atoms with E-state index in [9.17, 15) is 8.42 Å². The van der Waals surface area contributed by atoms with Gasteiger partial charge in [0.25, 0.3) is 10.0 Å². The van der Waals surface area contributed by atoms with Gasteiger partial charge < -0.3 is 0 Å². The molecule has 0 atom stereocenters. The Bertz CT molecular complexity index is 744. The van der Waals surface area contributed by atoms with Crippen molar-refractivity contribution in [3.8, 4) is 12.5 Å². The van der Waals surface area contributed by atoms with E-state index in [0.717, 1.165) is 13.4 Å². The Morgan fingerprint density at radius 2 is 1.60 bits per heavy atom. The molecule has 2 aromatic carbocycles. The van der Waals surface area contributed by atoms with Crippen molar-refractivity contribution < 1.29 is 8.42 Å². The second kappa shape index (κ2) is 5.85. The van der Waals surface area contributed by atoms with Crippen molar-refractivity contribution in [1.82, 2.24) is 0 Å². The highest BCUT2D eigenvalue weighted by molar-refractivity contribution is 14.1. The van der Waals surface area contributed by atoms with Gasteiger partial charge in [-0.1, -0.05) is 24.1 Å². The summed E-state index contributed by atoms with van der Waals surface area (Å²) < 4.78 is 27.0. The van der Waals surface area contributed by atoms with Crippen LogP contribution in [-0.2, 0) is 10.0 Å². The van der Waals surface area contributed by atoms with E-state index in [1.807, 2.05) is 19.1 Å². The van der Waals surface area contributed by atoms with E-state index in [0.29, 0.717) is 5.69 Å². The van der Waals surface area contributed by atoms with E-state index in [1.54, 1.807) is 36.4 Å². The smallest absolute Gasteiger partial charge is 0.200 e. The fourth-order valence-corrected chi connectivity index (χ4v) is 3.26. The lowest BCUT2D eigenvalue weighted by atomic mass is 10.2. The molecular formula is C15H12INO2S. The minimum Gasteiger partial charge on any atom is -0.200 e. The lowest BCUT2D eigenvalue weighted by molar-refractivity contribution is 0.596. The standard InChI is InChI=1S/C15H12INO2S/c1-3-17(14-8-6-13(16)7-9-14)20(18,19)15-10-4-12(2)5-11-15/h1,4-11H,2H3. The summed E-state index contributed by atoms with van der Waals surface area (Å²) in [6.45, 7) is 1.90. The van der Waals surface area contributed by atoms with Gasteiger partial charge in [-0.05, 0) is 65.9 Å². The fourth-order valence-electron chi connectivity index (χ4n) is 1.67. The first-order valence-electron chi connectivity index (χ1n) is 5.79. The lowest BCUT2D eigenvalue weighted by Crippen LogP contribution is -2.25. The van der Waals surface area contributed by atoms with Gasteiger partial charge in [-0.3, -0.25) is 0 Å². The number of hydrogen-bond acceptors (Lipinski definition) is 2. The number of anilines is 1. The molecule has 0 aliphatic carbocycles. The van der Waals surface area contributed by atoms with Crippen LogP contribution in [0.25, 0.3) is 0 Å². The monoisotopic (exact) mass is 397 g/mol. The molecule has 0 saturated carbocycles. The molecule has 0 heterocycles. The third kappa shape index (κ3) is 2.97. The van der Waals surface area contributed by atoms with E-state index in [-0.39, 0.29) is 4.90 Å². The lowest BCUT2D eigenvalue weighted by Gasteiger charge is -2.18. The predicted molar refractivity (Wildman–Crippen MR) is 88.8 cm³/mol. The molecule has 0 radical (unpaired) electrons. The predicted octanol–water partition coefficient (Wildman–Crippen LogP) is 3.39. The van der Waals surface area contributed by atoms with Crippen molar-refractivity contribution in [1.29, 1.82) is 0 Å². The second-order valence-electron chi connectivity index (χ2n) is 4.19. The molecule has 20 heavy (non-hydrogen) atoms. The van der Waals surface area contributed by atoms with Crippen LogP contribution in [0.5, 0.6) is 0 Å². The van der Waals surface area contributed by atoms with Crippen molar-refractivity contribution in [2.24, 2.45) is 0 Å². The topological polar surface area (TPSA) is 37.4 Å². The third-order valence-corrected chi connectivity index (χ3v) is 5.12. The van der Waals surface area contributed by atoms with Crippen LogP contribution in [0, 0.1) is 23.0 Å². The molecular weight excluding hydrogens is 385 g/mol. The zero-order valence-corrected chi connectivity index (χ0v) is 13.7. The number of nitrogens with zero attached hydrogens (tertiary/aromatic N) is 1. The first-order valence-corrected chi connectivity index (χ1v) is 8.31. The molecule has 0 aliphatic rings. The highest BCUT2D eigenvalue weighted by Gasteiger charge is 2.23. The van der Waals surface area contributed by atoms with Gasteiger partial charge >= 0.3 is 0 Å².